The molecule has 6 heterocycles. The predicted molar refractivity (Wildman–Crippen MR) is 198 cm³/mol. The topological polar surface area (TPSA) is 108 Å². The van der Waals surface area contributed by atoms with Gasteiger partial charge in [-0.2, -0.15) is 10.2 Å². The molecule has 1 N–H and O–H groups in total. The highest BCUT2D eigenvalue weighted by molar-refractivity contribution is 7.17. The highest BCUT2D eigenvalue weighted by atomic mass is 32.1. The molecule has 0 radical (unpaired) electrons. The van der Waals surface area contributed by atoms with Crippen LogP contribution in [0.4, 0.5) is 17.6 Å². The average molecular weight is 761 g/mol. The molecule has 0 bridgehead atoms. The van der Waals surface area contributed by atoms with Crippen molar-refractivity contribution in [2.45, 2.75) is 38.3 Å². The van der Waals surface area contributed by atoms with Crippen molar-refractivity contribution in [2.75, 3.05) is 26.4 Å². The number of fused-ring (bicyclic) bond motifs is 5. The molecule has 2 aliphatic rings. The summed E-state index contributed by atoms with van der Waals surface area (Å²) in [5.74, 6) is -2.26. The van der Waals surface area contributed by atoms with Crippen LogP contribution >= 0.6 is 11.3 Å². The van der Waals surface area contributed by atoms with Crippen LogP contribution < -0.4 is 4.74 Å². The summed E-state index contributed by atoms with van der Waals surface area (Å²) in [5.41, 5.74) is 4.23. The molecule has 0 saturated heterocycles. The van der Waals surface area contributed by atoms with E-state index >= 15 is 4.39 Å². The van der Waals surface area contributed by atoms with E-state index in [0.717, 1.165) is 34.5 Å². The number of hydrogen-bond acceptors (Lipinski definition) is 8. The molecule has 15 heteroatoms. The van der Waals surface area contributed by atoms with E-state index in [4.69, 9.17) is 19.6 Å². The summed E-state index contributed by atoms with van der Waals surface area (Å²) in [6.45, 7) is 2.56. The Balaban J connectivity index is 1.42. The Kier molecular flexibility index (Phi) is 10.8. The molecule has 2 atom stereocenters. The molecule has 2 aliphatic heterocycles. The van der Waals surface area contributed by atoms with Gasteiger partial charge in [-0.3, -0.25) is 19.1 Å². The fraction of sp³-hybridized carbons (Fsp3) is 0.282. The van der Waals surface area contributed by atoms with Crippen LogP contribution in [0, 0.1) is 0 Å². The number of aliphatic hydroxyl groups is 1. The highest BCUT2D eigenvalue weighted by Crippen LogP contribution is 2.44. The lowest BCUT2D eigenvalue weighted by Gasteiger charge is -2.33. The van der Waals surface area contributed by atoms with Crippen LogP contribution in [0.2, 0.25) is 0 Å². The molecule has 0 saturated carbocycles. The number of alkyl halides is 2. The van der Waals surface area contributed by atoms with Gasteiger partial charge >= 0.3 is 0 Å². The molecule has 1 amide bonds. The molecule has 2 unspecified atom stereocenters. The van der Waals surface area contributed by atoms with Gasteiger partial charge < -0.3 is 19.5 Å². The molecule has 10 nitrogen and oxygen atoms in total. The molecule has 0 fully saturated rings. The Morgan fingerprint density at radius 2 is 2.02 bits per heavy atom. The number of carbonyl (C=O) groups is 1. The quantitative estimate of drug-likeness (QED) is 0.0973. The minimum Gasteiger partial charge on any atom is -0.501 e. The highest BCUT2D eigenvalue weighted by Gasteiger charge is 2.32. The van der Waals surface area contributed by atoms with Gasteiger partial charge in [-0.25, -0.2) is 17.6 Å². The van der Waals surface area contributed by atoms with Gasteiger partial charge in [0.15, 0.2) is 0 Å². The summed E-state index contributed by atoms with van der Waals surface area (Å²) in [6, 6.07) is 7.09. The van der Waals surface area contributed by atoms with Crippen molar-refractivity contribution in [3.63, 3.8) is 0 Å². The van der Waals surface area contributed by atoms with E-state index in [1.165, 1.54) is 28.6 Å². The first kappa shape index (κ1) is 36.8. The maximum atomic E-state index is 15.7. The van der Waals surface area contributed by atoms with Gasteiger partial charge in [0.05, 0.1) is 66.6 Å². The lowest BCUT2D eigenvalue weighted by molar-refractivity contribution is -0.129. The van der Waals surface area contributed by atoms with Crippen molar-refractivity contribution in [1.29, 1.82) is 0 Å². The first-order valence-corrected chi connectivity index (χ1v) is 18.1. The van der Waals surface area contributed by atoms with Gasteiger partial charge in [0.2, 0.25) is 5.91 Å². The van der Waals surface area contributed by atoms with E-state index in [9.17, 15) is 23.1 Å². The number of ether oxygens (including phenoxy) is 2. The van der Waals surface area contributed by atoms with E-state index in [-0.39, 0.29) is 26.4 Å². The monoisotopic (exact) mass is 760 g/mol. The van der Waals surface area contributed by atoms with E-state index in [1.807, 2.05) is 43.6 Å². The smallest absolute Gasteiger partial charge is 0.257 e. The van der Waals surface area contributed by atoms with Crippen molar-refractivity contribution in [1.82, 2.24) is 29.4 Å². The van der Waals surface area contributed by atoms with Gasteiger partial charge in [-0.15, -0.1) is 11.3 Å². The number of aliphatic hydroxyl groups excluding tert-OH is 1. The van der Waals surface area contributed by atoms with Crippen molar-refractivity contribution in [3.05, 3.63) is 113 Å². The Morgan fingerprint density at radius 3 is 2.83 bits per heavy atom. The minimum atomic E-state index is -2.75. The van der Waals surface area contributed by atoms with Gasteiger partial charge in [0.25, 0.3) is 6.43 Å². The maximum absolute atomic E-state index is 15.7. The van der Waals surface area contributed by atoms with Crippen LogP contribution in [0.1, 0.15) is 47.9 Å². The lowest BCUT2D eigenvalue weighted by Crippen LogP contribution is -2.40. The third-order valence-electron chi connectivity index (χ3n) is 9.42. The molecule has 0 aliphatic carbocycles. The Hall–Kier alpha value is -5.54. The molecular formula is C39H36F4N6O4S. The van der Waals surface area contributed by atoms with E-state index in [1.54, 1.807) is 27.7 Å². The Labute approximate surface area is 311 Å². The maximum Gasteiger partial charge on any atom is 0.257 e. The lowest BCUT2D eigenvalue weighted by atomic mass is 9.91. The molecule has 280 valence electrons. The van der Waals surface area contributed by atoms with Crippen LogP contribution in [-0.2, 0) is 23.1 Å². The van der Waals surface area contributed by atoms with Crippen molar-refractivity contribution >= 4 is 44.3 Å². The summed E-state index contributed by atoms with van der Waals surface area (Å²) in [5, 5.41) is 22.1. The van der Waals surface area contributed by atoms with E-state index in [0.29, 0.717) is 63.4 Å². The third-order valence-corrected chi connectivity index (χ3v) is 10.4. The molecule has 54 heavy (non-hydrogen) atoms. The molecular weight excluding hydrogens is 725 g/mol. The van der Waals surface area contributed by atoms with Gasteiger partial charge in [-0.05, 0) is 55.2 Å². The van der Waals surface area contributed by atoms with Crippen LogP contribution in [0.5, 0.6) is 5.75 Å². The van der Waals surface area contributed by atoms with Crippen LogP contribution in [-0.4, -0.2) is 73.2 Å². The van der Waals surface area contributed by atoms with E-state index < -0.39 is 35.9 Å². The van der Waals surface area contributed by atoms with Crippen molar-refractivity contribution < 1.29 is 36.9 Å². The number of rotatable bonds is 8. The normalized spacial score (nSPS) is 20.6. The van der Waals surface area contributed by atoms with Crippen molar-refractivity contribution in [2.24, 2.45) is 7.05 Å². The number of hydrogen-bond donors (Lipinski definition) is 1. The fourth-order valence-corrected chi connectivity index (χ4v) is 7.76. The average Bonchev–Trinajstić information content (AvgIpc) is 3.90. The molecule has 1 aromatic carbocycles. The second kappa shape index (κ2) is 15.8. The second-order valence-corrected chi connectivity index (χ2v) is 13.7. The van der Waals surface area contributed by atoms with Crippen molar-refractivity contribution in [3.8, 4) is 17.0 Å². The SMILES string of the molecule is CC1c2cc(C3CCO/C=C/C(F)=C\C(F)=C\c4c3nc(-c3cc5cnn(C)c5cc3OC/C=C/CO)c3ccsc43)nn2CCN1C(=O)/C=C/C(F)F. The largest absolute Gasteiger partial charge is 0.501 e. The Bertz CT molecular complexity index is 2360. The van der Waals surface area contributed by atoms with E-state index in [2.05, 4.69) is 5.10 Å². The summed E-state index contributed by atoms with van der Waals surface area (Å²) in [6.07, 6.45) is 8.33. The summed E-state index contributed by atoms with van der Waals surface area (Å²) < 4.78 is 72.2. The number of pyridine rings is 1. The zero-order chi connectivity index (χ0) is 37.9. The van der Waals surface area contributed by atoms with Crippen LogP contribution in [0.15, 0.2) is 90.2 Å². The predicted octanol–water partition coefficient (Wildman–Crippen LogP) is 7.93. The fourth-order valence-electron chi connectivity index (χ4n) is 6.83. The number of amides is 1. The molecule has 7 rings (SSSR count). The number of thiophene rings is 1. The van der Waals surface area contributed by atoms with Crippen LogP contribution in [0.3, 0.4) is 0 Å². The van der Waals surface area contributed by atoms with Gasteiger partial charge in [0, 0.05) is 70.4 Å². The number of carbonyl (C=O) groups excluding carboxylic acids is 1. The molecule has 0 spiro atoms. The zero-order valence-electron chi connectivity index (χ0n) is 29.3. The van der Waals surface area contributed by atoms with Crippen LogP contribution in [0.25, 0.3) is 38.3 Å². The standard InChI is InChI=1S/C39H36F4N6O4S/c1-23-32-20-31(46-49(32)11-10-48(23)36(51)6-5-35(42)43)27-8-15-52-14-7-25(40)18-26(41)19-30-37(27)45-38(28-9-16-54-39(28)30)29-17-24-22-44-47(2)33(24)21-34(29)53-13-4-3-12-50/h3-7,9,14,16-23,27,35,50H,8,10-13,15H2,1-2H3/b4-3+,6-5+,14-7+,25-18+,26-19-. The number of halogens is 4. The minimum absolute atomic E-state index is 0.132. The summed E-state index contributed by atoms with van der Waals surface area (Å²) >= 11 is 1.39. The number of aromatic nitrogens is 5. The number of nitrogens with zero attached hydrogens (tertiary/aromatic N) is 6. The summed E-state index contributed by atoms with van der Waals surface area (Å²) in [7, 11) is 1.83. The first-order valence-electron chi connectivity index (χ1n) is 17.3. The van der Waals surface area contributed by atoms with Gasteiger partial charge in [-0.1, -0.05) is 6.08 Å². The molecule has 4 aromatic heterocycles. The number of aryl methyl sites for hydroxylation is 1. The first-order chi connectivity index (χ1) is 26.1. The summed E-state index contributed by atoms with van der Waals surface area (Å²) in [4.78, 5) is 19.7. The number of benzene rings is 1. The number of allylic oxidation sites excluding steroid dienone is 5. The Morgan fingerprint density at radius 1 is 1.17 bits per heavy atom. The zero-order valence-corrected chi connectivity index (χ0v) is 30.1. The molecule has 5 aromatic rings. The second-order valence-electron chi connectivity index (χ2n) is 12.8. The van der Waals surface area contributed by atoms with Gasteiger partial charge in [0.1, 0.15) is 24.0 Å². The third kappa shape index (κ3) is 7.46.